The summed E-state index contributed by atoms with van der Waals surface area (Å²) in [7, 11) is 0. The van der Waals surface area contributed by atoms with E-state index in [0.29, 0.717) is 42.6 Å². The topological polar surface area (TPSA) is 92.2 Å². The molecule has 0 atom stereocenters. The summed E-state index contributed by atoms with van der Waals surface area (Å²) >= 11 is 1.31. The number of amides is 1. The van der Waals surface area contributed by atoms with Crippen molar-refractivity contribution in [1.29, 1.82) is 5.26 Å². The largest absolute Gasteiger partial charge is 0.473 e. The van der Waals surface area contributed by atoms with Gasteiger partial charge in [-0.3, -0.25) is 4.79 Å². The summed E-state index contributed by atoms with van der Waals surface area (Å²) in [4.78, 5) is 22.8. The fourth-order valence-corrected chi connectivity index (χ4v) is 3.82. The van der Waals surface area contributed by atoms with Crippen molar-refractivity contribution in [2.45, 2.75) is 24.2 Å². The van der Waals surface area contributed by atoms with Gasteiger partial charge in [0.2, 0.25) is 11.8 Å². The van der Waals surface area contributed by atoms with Gasteiger partial charge in [-0.15, -0.1) is 0 Å². The molecule has 1 saturated heterocycles. The minimum Gasteiger partial charge on any atom is -0.473 e. The molecule has 0 bridgehead atoms. The van der Waals surface area contributed by atoms with E-state index in [1.165, 1.54) is 11.8 Å². The van der Waals surface area contributed by atoms with Gasteiger partial charge in [-0.25, -0.2) is 9.97 Å². The molecule has 2 aromatic heterocycles. The Bertz CT molecular complexity index is 988. The van der Waals surface area contributed by atoms with Gasteiger partial charge in [0.15, 0.2) is 5.58 Å². The number of benzene rings is 1. The first-order chi connectivity index (χ1) is 13.7. The molecule has 0 radical (unpaired) electrons. The molecule has 0 spiro atoms. The molecule has 1 fully saturated rings. The molecule has 8 heteroatoms. The Balaban J connectivity index is 1.27. The molecule has 142 valence electrons. The number of thioether (sulfide) groups is 1. The van der Waals surface area contributed by atoms with Crippen LogP contribution in [0.2, 0.25) is 0 Å². The monoisotopic (exact) mass is 394 g/mol. The number of fused-ring (bicyclic) bond motifs is 1. The van der Waals surface area contributed by atoms with Crippen molar-refractivity contribution in [3.05, 3.63) is 48.2 Å². The standard InChI is InChI=1S/C20H18N4O3S/c21-12-14-4-3-9-22-19(14)26-15-7-10-24(11-8-15)18(25)13-28-20-23-16-5-1-2-6-17(16)27-20/h1-6,9,15H,7-8,10-11,13H2. The number of nitriles is 1. The van der Waals surface area contributed by atoms with E-state index in [2.05, 4.69) is 16.0 Å². The molecular weight excluding hydrogens is 376 g/mol. The number of hydrogen-bond donors (Lipinski definition) is 0. The number of carbonyl (C=O) groups excluding carboxylic acids is 1. The summed E-state index contributed by atoms with van der Waals surface area (Å²) in [6.45, 7) is 1.23. The third-order valence-corrected chi connectivity index (χ3v) is 5.37. The van der Waals surface area contributed by atoms with Crippen molar-refractivity contribution >= 4 is 28.8 Å². The van der Waals surface area contributed by atoms with Crippen LogP contribution in [0.15, 0.2) is 52.2 Å². The number of oxazole rings is 1. The number of hydrogen-bond acceptors (Lipinski definition) is 7. The fourth-order valence-electron chi connectivity index (χ4n) is 3.08. The molecule has 3 heterocycles. The zero-order valence-corrected chi connectivity index (χ0v) is 15.9. The smallest absolute Gasteiger partial charge is 0.257 e. The Kier molecular flexibility index (Phi) is 5.44. The molecule has 3 aromatic rings. The lowest BCUT2D eigenvalue weighted by molar-refractivity contribution is -0.130. The Morgan fingerprint density at radius 2 is 2.11 bits per heavy atom. The van der Waals surface area contributed by atoms with Crippen LogP contribution in [0.4, 0.5) is 0 Å². The van der Waals surface area contributed by atoms with Gasteiger partial charge < -0.3 is 14.1 Å². The van der Waals surface area contributed by atoms with E-state index in [0.717, 1.165) is 11.1 Å². The highest BCUT2D eigenvalue weighted by atomic mass is 32.2. The summed E-state index contributed by atoms with van der Waals surface area (Å²) in [5.41, 5.74) is 1.94. The van der Waals surface area contributed by atoms with Crippen LogP contribution in [0.25, 0.3) is 11.1 Å². The number of aromatic nitrogens is 2. The van der Waals surface area contributed by atoms with Crippen LogP contribution >= 0.6 is 11.8 Å². The molecule has 28 heavy (non-hydrogen) atoms. The van der Waals surface area contributed by atoms with E-state index < -0.39 is 0 Å². The molecule has 7 nitrogen and oxygen atoms in total. The van der Waals surface area contributed by atoms with Crippen LogP contribution < -0.4 is 4.74 Å². The maximum Gasteiger partial charge on any atom is 0.257 e. The molecule has 4 rings (SSSR count). The maximum atomic E-state index is 12.5. The highest BCUT2D eigenvalue weighted by Gasteiger charge is 2.25. The second kappa shape index (κ2) is 8.31. The Morgan fingerprint density at radius 1 is 1.29 bits per heavy atom. The summed E-state index contributed by atoms with van der Waals surface area (Å²) in [5, 5.41) is 9.63. The van der Waals surface area contributed by atoms with Crippen LogP contribution in [0, 0.1) is 11.3 Å². The quantitative estimate of drug-likeness (QED) is 0.613. The number of nitrogens with zero attached hydrogens (tertiary/aromatic N) is 4. The van der Waals surface area contributed by atoms with Crippen LogP contribution in [0.3, 0.4) is 0 Å². The van der Waals surface area contributed by atoms with Gasteiger partial charge >= 0.3 is 0 Å². The van der Waals surface area contributed by atoms with E-state index in [1.54, 1.807) is 18.3 Å². The minimum absolute atomic E-state index is 0.0456. The lowest BCUT2D eigenvalue weighted by Gasteiger charge is -2.31. The van der Waals surface area contributed by atoms with Gasteiger partial charge in [-0.2, -0.15) is 5.26 Å². The fraction of sp³-hybridized carbons (Fsp3) is 0.300. The number of para-hydroxylation sites is 2. The summed E-state index contributed by atoms with van der Waals surface area (Å²) in [5.74, 6) is 0.708. The number of carbonyl (C=O) groups is 1. The van der Waals surface area contributed by atoms with Crippen LogP contribution in [0.1, 0.15) is 18.4 Å². The molecule has 1 aromatic carbocycles. The SMILES string of the molecule is N#Cc1cccnc1OC1CCN(C(=O)CSc2nc3ccccc3o2)CC1. The number of rotatable bonds is 5. The third-order valence-electron chi connectivity index (χ3n) is 4.56. The van der Waals surface area contributed by atoms with E-state index in [9.17, 15) is 4.79 Å². The first kappa shape index (κ1) is 18.3. The molecule has 0 aliphatic carbocycles. The Morgan fingerprint density at radius 3 is 2.89 bits per heavy atom. The molecule has 0 N–H and O–H groups in total. The number of ether oxygens (including phenoxy) is 1. The van der Waals surface area contributed by atoms with Crippen molar-refractivity contribution in [2.75, 3.05) is 18.8 Å². The van der Waals surface area contributed by atoms with Crippen molar-refractivity contribution in [2.24, 2.45) is 0 Å². The highest BCUT2D eigenvalue weighted by Crippen LogP contribution is 2.24. The Labute approximate surface area is 166 Å². The second-order valence-electron chi connectivity index (χ2n) is 6.40. The average Bonchev–Trinajstić information content (AvgIpc) is 3.16. The summed E-state index contributed by atoms with van der Waals surface area (Å²) in [6.07, 6.45) is 2.98. The van der Waals surface area contributed by atoms with Gasteiger partial charge in [0.05, 0.1) is 5.75 Å². The molecule has 0 saturated carbocycles. The van der Waals surface area contributed by atoms with Crippen molar-refractivity contribution in [3.63, 3.8) is 0 Å². The molecular formula is C20H18N4O3S. The zero-order valence-electron chi connectivity index (χ0n) is 15.1. The van der Waals surface area contributed by atoms with Crippen molar-refractivity contribution in [1.82, 2.24) is 14.9 Å². The molecule has 1 aliphatic heterocycles. The molecule has 1 amide bonds. The lowest BCUT2D eigenvalue weighted by atomic mass is 10.1. The first-order valence-corrected chi connectivity index (χ1v) is 9.99. The van der Waals surface area contributed by atoms with Gasteiger partial charge in [-0.05, 0) is 24.3 Å². The van der Waals surface area contributed by atoms with Gasteiger partial charge in [0.25, 0.3) is 5.22 Å². The van der Waals surface area contributed by atoms with Gasteiger partial charge in [-0.1, -0.05) is 23.9 Å². The predicted octanol–water partition coefficient (Wildman–Crippen LogP) is 3.26. The lowest BCUT2D eigenvalue weighted by Crippen LogP contribution is -2.42. The van der Waals surface area contributed by atoms with E-state index >= 15 is 0 Å². The van der Waals surface area contributed by atoms with Gasteiger partial charge in [0, 0.05) is 32.1 Å². The highest BCUT2D eigenvalue weighted by molar-refractivity contribution is 7.99. The number of piperidine rings is 1. The van der Waals surface area contributed by atoms with E-state index in [1.807, 2.05) is 29.2 Å². The first-order valence-electron chi connectivity index (χ1n) is 9.01. The normalized spacial score (nSPS) is 14.8. The molecule has 1 aliphatic rings. The van der Waals surface area contributed by atoms with Crippen molar-refractivity contribution in [3.8, 4) is 11.9 Å². The minimum atomic E-state index is -0.0456. The van der Waals surface area contributed by atoms with E-state index in [-0.39, 0.29) is 17.8 Å². The summed E-state index contributed by atoms with van der Waals surface area (Å²) < 4.78 is 11.5. The average molecular weight is 394 g/mol. The van der Waals surface area contributed by atoms with Crippen LogP contribution in [-0.2, 0) is 4.79 Å². The summed E-state index contributed by atoms with van der Waals surface area (Å²) in [6, 6.07) is 13.0. The second-order valence-corrected chi connectivity index (χ2v) is 7.33. The number of likely N-dealkylation sites (tertiary alicyclic amines) is 1. The van der Waals surface area contributed by atoms with Gasteiger partial charge in [0.1, 0.15) is 23.3 Å². The maximum absolute atomic E-state index is 12.5. The molecule has 0 unspecified atom stereocenters. The van der Waals surface area contributed by atoms with Crippen LogP contribution in [0.5, 0.6) is 5.88 Å². The zero-order chi connectivity index (χ0) is 19.3. The third kappa shape index (κ3) is 4.10. The predicted molar refractivity (Wildman–Crippen MR) is 104 cm³/mol. The van der Waals surface area contributed by atoms with Crippen LogP contribution in [-0.4, -0.2) is 45.7 Å². The number of pyridine rings is 1. The van der Waals surface area contributed by atoms with Crippen molar-refractivity contribution < 1.29 is 13.9 Å². The van der Waals surface area contributed by atoms with E-state index in [4.69, 9.17) is 14.4 Å². The Hall–Kier alpha value is -3.05.